The van der Waals surface area contributed by atoms with Crippen molar-refractivity contribution in [1.29, 1.82) is 5.41 Å². The lowest BCUT2D eigenvalue weighted by molar-refractivity contribution is -0.147. The SMILES string of the molecule is Cc1cc(Cl)ccc1C[C@@H](N)C(=O)N1C[C@@H](C)N(C(=O)Cc2ccccc2)C[C@@H]1CCCNC(=N)N. The van der Waals surface area contributed by atoms with Crippen LogP contribution in [0.3, 0.4) is 0 Å². The summed E-state index contributed by atoms with van der Waals surface area (Å²) in [6.07, 6.45) is 2.12. The van der Waals surface area contributed by atoms with E-state index in [1.807, 2.05) is 72.2 Å². The van der Waals surface area contributed by atoms with E-state index in [0.29, 0.717) is 50.3 Å². The molecule has 3 atom stereocenters. The molecular weight excluding hydrogens is 476 g/mol. The van der Waals surface area contributed by atoms with Crippen molar-refractivity contribution in [2.45, 2.75) is 57.7 Å². The summed E-state index contributed by atoms with van der Waals surface area (Å²) in [6, 6.07) is 14.3. The maximum atomic E-state index is 13.5. The minimum atomic E-state index is -0.693. The molecule has 0 unspecified atom stereocenters. The zero-order valence-corrected chi connectivity index (χ0v) is 21.8. The van der Waals surface area contributed by atoms with Gasteiger partial charge in [0.05, 0.1) is 12.5 Å². The summed E-state index contributed by atoms with van der Waals surface area (Å²) in [4.78, 5) is 30.5. The van der Waals surface area contributed by atoms with Crippen LogP contribution in [0, 0.1) is 12.3 Å². The van der Waals surface area contributed by atoms with Crippen LogP contribution in [0.1, 0.15) is 36.5 Å². The zero-order chi connectivity index (χ0) is 26.2. The maximum Gasteiger partial charge on any atom is 0.240 e. The number of aryl methyl sites for hydroxylation is 1. The van der Waals surface area contributed by atoms with Crippen LogP contribution in [-0.2, 0) is 22.4 Å². The van der Waals surface area contributed by atoms with Gasteiger partial charge < -0.3 is 26.6 Å². The molecule has 1 aliphatic heterocycles. The van der Waals surface area contributed by atoms with Crippen LogP contribution in [0.4, 0.5) is 0 Å². The van der Waals surface area contributed by atoms with Crippen molar-refractivity contribution < 1.29 is 9.59 Å². The Bertz CT molecular complexity index is 1060. The zero-order valence-electron chi connectivity index (χ0n) is 21.0. The number of piperazine rings is 1. The Kier molecular flexibility index (Phi) is 9.73. The average Bonchev–Trinajstić information content (AvgIpc) is 2.84. The molecule has 2 aromatic carbocycles. The molecule has 6 N–H and O–H groups in total. The standard InChI is InChI=1S/C27H37ClN6O2/c1-18-13-22(28)11-10-21(18)15-24(29)26(36)34-16-19(2)33(17-23(34)9-6-12-32-27(30)31)25(35)14-20-7-4-3-5-8-20/h3-5,7-8,10-11,13,19,23-24H,6,9,12,14-17,29H2,1-2H3,(H4,30,31,32)/t19-,23+,24-/m1/s1. The van der Waals surface area contributed by atoms with E-state index in [-0.39, 0.29) is 29.9 Å². The second-order valence-electron chi connectivity index (χ2n) is 9.57. The van der Waals surface area contributed by atoms with Gasteiger partial charge in [-0.25, -0.2) is 0 Å². The molecule has 36 heavy (non-hydrogen) atoms. The number of guanidine groups is 1. The normalized spacial score (nSPS) is 18.6. The Labute approximate surface area is 218 Å². The third kappa shape index (κ3) is 7.45. The first kappa shape index (κ1) is 27.5. The van der Waals surface area contributed by atoms with E-state index in [4.69, 9.17) is 28.5 Å². The van der Waals surface area contributed by atoms with Gasteiger partial charge in [0.1, 0.15) is 0 Å². The molecule has 194 valence electrons. The van der Waals surface area contributed by atoms with Gasteiger partial charge in [0.2, 0.25) is 11.8 Å². The van der Waals surface area contributed by atoms with Gasteiger partial charge in [-0.05, 0) is 61.9 Å². The van der Waals surface area contributed by atoms with Crippen molar-refractivity contribution in [3.63, 3.8) is 0 Å². The van der Waals surface area contributed by atoms with Crippen LogP contribution in [0.5, 0.6) is 0 Å². The number of carbonyl (C=O) groups is 2. The fraction of sp³-hybridized carbons (Fsp3) is 0.444. The molecule has 0 saturated carbocycles. The molecule has 1 saturated heterocycles. The number of nitrogens with zero attached hydrogens (tertiary/aromatic N) is 2. The molecule has 8 nitrogen and oxygen atoms in total. The predicted molar refractivity (Wildman–Crippen MR) is 144 cm³/mol. The van der Waals surface area contributed by atoms with Crippen LogP contribution in [0.2, 0.25) is 5.02 Å². The number of hydrogen-bond acceptors (Lipinski definition) is 4. The number of nitrogens with one attached hydrogen (secondary N) is 2. The lowest BCUT2D eigenvalue weighted by atomic mass is 9.97. The molecule has 9 heteroatoms. The Morgan fingerprint density at radius 3 is 2.56 bits per heavy atom. The van der Waals surface area contributed by atoms with Gasteiger partial charge in [-0.15, -0.1) is 0 Å². The number of benzene rings is 2. The summed E-state index contributed by atoms with van der Waals surface area (Å²) in [5, 5.41) is 10.8. The second kappa shape index (κ2) is 12.7. The van der Waals surface area contributed by atoms with Crippen molar-refractivity contribution >= 4 is 29.4 Å². The monoisotopic (exact) mass is 512 g/mol. The van der Waals surface area contributed by atoms with Crippen LogP contribution in [0.15, 0.2) is 48.5 Å². The fourth-order valence-electron chi connectivity index (χ4n) is 4.76. The van der Waals surface area contributed by atoms with E-state index in [0.717, 1.165) is 16.7 Å². The summed E-state index contributed by atoms with van der Waals surface area (Å²) in [5.41, 5.74) is 14.8. The summed E-state index contributed by atoms with van der Waals surface area (Å²) in [5.74, 6) is -0.148. The van der Waals surface area contributed by atoms with E-state index in [2.05, 4.69) is 5.32 Å². The number of halogens is 1. The van der Waals surface area contributed by atoms with Crippen molar-refractivity contribution in [3.05, 3.63) is 70.2 Å². The van der Waals surface area contributed by atoms with E-state index < -0.39 is 6.04 Å². The van der Waals surface area contributed by atoms with E-state index in [1.54, 1.807) is 0 Å². The molecule has 0 radical (unpaired) electrons. The first-order valence-corrected chi connectivity index (χ1v) is 12.8. The second-order valence-corrected chi connectivity index (χ2v) is 10.0. The Balaban J connectivity index is 1.72. The van der Waals surface area contributed by atoms with Crippen molar-refractivity contribution in [1.82, 2.24) is 15.1 Å². The van der Waals surface area contributed by atoms with E-state index in [9.17, 15) is 9.59 Å². The molecule has 1 aliphatic rings. The number of carbonyl (C=O) groups excluding carboxylic acids is 2. The van der Waals surface area contributed by atoms with Crippen LogP contribution in [-0.4, -0.2) is 65.3 Å². The topological polar surface area (TPSA) is 129 Å². The van der Waals surface area contributed by atoms with Gasteiger partial charge >= 0.3 is 0 Å². The molecular formula is C27H37ClN6O2. The quantitative estimate of drug-likeness (QED) is 0.233. The molecule has 1 fully saturated rings. The van der Waals surface area contributed by atoms with Crippen LogP contribution >= 0.6 is 11.6 Å². The summed E-state index contributed by atoms with van der Waals surface area (Å²) >= 11 is 6.08. The van der Waals surface area contributed by atoms with Crippen LogP contribution < -0.4 is 16.8 Å². The van der Waals surface area contributed by atoms with E-state index >= 15 is 0 Å². The highest BCUT2D eigenvalue weighted by Crippen LogP contribution is 2.23. The van der Waals surface area contributed by atoms with Gasteiger partial charge in [0.25, 0.3) is 0 Å². The lowest BCUT2D eigenvalue weighted by Crippen LogP contribution is -2.63. The Morgan fingerprint density at radius 1 is 1.17 bits per heavy atom. The molecule has 1 heterocycles. The highest BCUT2D eigenvalue weighted by Gasteiger charge is 2.37. The third-order valence-electron chi connectivity index (χ3n) is 6.73. The fourth-order valence-corrected chi connectivity index (χ4v) is 4.99. The highest BCUT2D eigenvalue weighted by atomic mass is 35.5. The Hall–Kier alpha value is -3.10. The summed E-state index contributed by atoms with van der Waals surface area (Å²) < 4.78 is 0. The molecule has 0 aromatic heterocycles. The number of rotatable bonds is 9. The molecule has 0 aliphatic carbocycles. The maximum absolute atomic E-state index is 13.5. The number of nitrogens with two attached hydrogens (primary N) is 2. The molecule has 2 aromatic rings. The van der Waals surface area contributed by atoms with Gasteiger partial charge in [-0.2, -0.15) is 0 Å². The van der Waals surface area contributed by atoms with Crippen LogP contribution in [0.25, 0.3) is 0 Å². The minimum Gasteiger partial charge on any atom is -0.370 e. The number of amides is 2. The summed E-state index contributed by atoms with van der Waals surface area (Å²) in [6.45, 7) is 5.34. The van der Waals surface area contributed by atoms with Gasteiger partial charge in [-0.3, -0.25) is 15.0 Å². The first-order chi connectivity index (χ1) is 17.2. The summed E-state index contributed by atoms with van der Waals surface area (Å²) in [7, 11) is 0. The van der Waals surface area contributed by atoms with Crippen molar-refractivity contribution in [3.8, 4) is 0 Å². The van der Waals surface area contributed by atoms with Gasteiger partial charge in [-0.1, -0.05) is 48.0 Å². The van der Waals surface area contributed by atoms with E-state index in [1.165, 1.54) is 0 Å². The highest BCUT2D eigenvalue weighted by molar-refractivity contribution is 6.30. The third-order valence-corrected chi connectivity index (χ3v) is 6.97. The molecule has 0 spiro atoms. The number of hydrogen-bond donors (Lipinski definition) is 4. The first-order valence-electron chi connectivity index (χ1n) is 12.4. The van der Waals surface area contributed by atoms with Crippen molar-refractivity contribution in [2.75, 3.05) is 19.6 Å². The Morgan fingerprint density at radius 2 is 1.89 bits per heavy atom. The molecule has 2 amide bonds. The largest absolute Gasteiger partial charge is 0.370 e. The minimum absolute atomic E-state index is 0.0498. The predicted octanol–water partition coefficient (Wildman–Crippen LogP) is 2.45. The van der Waals surface area contributed by atoms with Crippen molar-refractivity contribution in [2.24, 2.45) is 11.5 Å². The average molecular weight is 513 g/mol. The molecule has 0 bridgehead atoms. The lowest BCUT2D eigenvalue weighted by Gasteiger charge is -2.46. The van der Waals surface area contributed by atoms with Gasteiger partial charge in [0.15, 0.2) is 5.96 Å². The molecule has 3 rings (SSSR count). The van der Waals surface area contributed by atoms with Gasteiger partial charge in [0, 0.05) is 36.7 Å². The smallest absolute Gasteiger partial charge is 0.240 e.